The first kappa shape index (κ1) is 11.3. The van der Waals surface area contributed by atoms with Gasteiger partial charge in [-0.1, -0.05) is 20.3 Å². The van der Waals surface area contributed by atoms with Gasteiger partial charge in [0, 0.05) is 6.04 Å². The lowest BCUT2D eigenvalue weighted by Crippen LogP contribution is -2.26. The van der Waals surface area contributed by atoms with Gasteiger partial charge in [0.15, 0.2) is 0 Å². The van der Waals surface area contributed by atoms with Crippen LogP contribution in [0.3, 0.4) is 0 Å². The molecule has 0 bridgehead atoms. The van der Waals surface area contributed by atoms with Gasteiger partial charge in [-0.3, -0.25) is 0 Å². The van der Waals surface area contributed by atoms with Gasteiger partial charge in [0.25, 0.3) is 0 Å². The molecule has 0 saturated heterocycles. The highest BCUT2D eigenvalue weighted by Crippen LogP contribution is 2.15. The highest BCUT2D eigenvalue weighted by molar-refractivity contribution is 7.99. The van der Waals surface area contributed by atoms with Crippen molar-refractivity contribution in [2.24, 2.45) is 11.7 Å². The zero-order valence-electron chi connectivity index (χ0n) is 7.97. The maximum absolute atomic E-state index is 5.82. The molecule has 2 heteroatoms. The van der Waals surface area contributed by atoms with Gasteiger partial charge < -0.3 is 5.73 Å². The van der Waals surface area contributed by atoms with Crippen molar-refractivity contribution in [2.45, 2.75) is 39.7 Å². The highest BCUT2D eigenvalue weighted by atomic mass is 32.2. The molecule has 0 aromatic rings. The summed E-state index contributed by atoms with van der Waals surface area (Å²) in [7, 11) is 0. The van der Waals surface area contributed by atoms with Gasteiger partial charge in [-0.15, -0.1) is 0 Å². The summed E-state index contributed by atoms with van der Waals surface area (Å²) in [5, 5.41) is 0. The molecule has 68 valence electrons. The molecule has 2 N–H and O–H groups in total. The number of rotatable bonds is 6. The molecule has 0 aliphatic heterocycles. The average molecular weight is 175 g/mol. The predicted molar refractivity (Wildman–Crippen MR) is 55.0 cm³/mol. The first-order valence-electron chi connectivity index (χ1n) is 4.55. The van der Waals surface area contributed by atoms with Gasteiger partial charge in [0.2, 0.25) is 0 Å². The first-order chi connectivity index (χ1) is 5.22. The average Bonchev–Trinajstić information content (AvgIpc) is 1.97. The van der Waals surface area contributed by atoms with Gasteiger partial charge >= 0.3 is 0 Å². The fourth-order valence-electron chi connectivity index (χ4n) is 1.22. The monoisotopic (exact) mass is 175 g/mol. The summed E-state index contributed by atoms with van der Waals surface area (Å²) in [4.78, 5) is 0. The van der Waals surface area contributed by atoms with E-state index in [-0.39, 0.29) is 0 Å². The molecule has 0 rings (SSSR count). The third-order valence-corrected chi connectivity index (χ3v) is 3.04. The maximum atomic E-state index is 5.82. The van der Waals surface area contributed by atoms with E-state index in [2.05, 4.69) is 20.8 Å². The van der Waals surface area contributed by atoms with Crippen LogP contribution in [-0.2, 0) is 0 Å². The van der Waals surface area contributed by atoms with Crippen LogP contribution in [0.25, 0.3) is 0 Å². The minimum atomic E-state index is 0.373. The second-order valence-electron chi connectivity index (χ2n) is 3.01. The Morgan fingerprint density at radius 1 is 1.36 bits per heavy atom. The van der Waals surface area contributed by atoms with Gasteiger partial charge in [0.05, 0.1) is 0 Å². The van der Waals surface area contributed by atoms with E-state index in [1.54, 1.807) is 0 Å². The standard InChI is InChI=1S/C9H21NS/c1-4-9(8(3)10)6-7-11-5-2/h8-9H,4-7,10H2,1-3H3. The summed E-state index contributed by atoms with van der Waals surface area (Å²) in [5.74, 6) is 3.24. The fourth-order valence-corrected chi connectivity index (χ4v) is 1.98. The molecule has 0 radical (unpaired) electrons. The minimum absolute atomic E-state index is 0.373. The Morgan fingerprint density at radius 2 is 2.00 bits per heavy atom. The molecule has 0 fully saturated rings. The van der Waals surface area contributed by atoms with E-state index in [1.165, 1.54) is 24.3 Å². The van der Waals surface area contributed by atoms with E-state index < -0.39 is 0 Å². The number of nitrogens with two attached hydrogens (primary N) is 1. The summed E-state index contributed by atoms with van der Waals surface area (Å²) >= 11 is 2.01. The van der Waals surface area contributed by atoms with Crippen LogP contribution in [0.1, 0.15) is 33.6 Å². The van der Waals surface area contributed by atoms with Crippen molar-refractivity contribution in [1.82, 2.24) is 0 Å². The molecular weight excluding hydrogens is 154 g/mol. The summed E-state index contributed by atoms with van der Waals surface area (Å²) < 4.78 is 0. The molecule has 0 aliphatic rings. The molecule has 0 aliphatic carbocycles. The highest BCUT2D eigenvalue weighted by Gasteiger charge is 2.09. The Morgan fingerprint density at radius 3 is 2.36 bits per heavy atom. The summed E-state index contributed by atoms with van der Waals surface area (Å²) in [5.41, 5.74) is 5.82. The van der Waals surface area contributed by atoms with Gasteiger partial charge in [0.1, 0.15) is 0 Å². The van der Waals surface area contributed by atoms with Crippen LogP contribution in [0.5, 0.6) is 0 Å². The molecule has 11 heavy (non-hydrogen) atoms. The number of hydrogen-bond acceptors (Lipinski definition) is 2. The van der Waals surface area contributed by atoms with Gasteiger partial charge in [-0.05, 0) is 30.8 Å². The van der Waals surface area contributed by atoms with Crippen LogP contribution >= 0.6 is 11.8 Å². The molecule has 2 atom stereocenters. The lowest BCUT2D eigenvalue weighted by Gasteiger charge is -2.17. The zero-order valence-corrected chi connectivity index (χ0v) is 8.79. The Hall–Kier alpha value is 0.310. The molecule has 0 amide bonds. The molecule has 0 saturated carbocycles. The summed E-state index contributed by atoms with van der Waals surface area (Å²) in [6.07, 6.45) is 2.51. The molecule has 0 heterocycles. The first-order valence-corrected chi connectivity index (χ1v) is 5.71. The Labute approximate surface area is 75.1 Å². The van der Waals surface area contributed by atoms with Crippen LogP contribution < -0.4 is 5.73 Å². The van der Waals surface area contributed by atoms with Crippen molar-refractivity contribution in [3.63, 3.8) is 0 Å². The molecule has 0 spiro atoms. The van der Waals surface area contributed by atoms with E-state index in [9.17, 15) is 0 Å². The van der Waals surface area contributed by atoms with Gasteiger partial charge in [-0.2, -0.15) is 11.8 Å². The third-order valence-electron chi connectivity index (χ3n) is 2.11. The zero-order chi connectivity index (χ0) is 8.69. The SMILES string of the molecule is CCSCCC(CC)C(C)N. The largest absolute Gasteiger partial charge is 0.328 e. The van der Waals surface area contributed by atoms with E-state index in [4.69, 9.17) is 5.73 Å². The summed E-state index contributed by atoms with van der Waals surface area (Å²) in [6, 6.07) is 0.373. The smallest absolute Gasteiger partial charge is 0.00389 e. The molecule has 0 aromatic carbocycles. The fraction of sp³-hybridized carbons (Fsp3) is 1.00. The Balaban J connectivity index is 3.36. The maximum Gasteiger partial charge on any atom is 0.00389 e. The van der Waals surface area contributed by atoms with Crippen LogP contribution in [0.15, 0.2) is 0 Å². The lowest BCUT2D eigenvalue weighted by molar-refractivity contribution is 0.420. The normalized spacial score (nSPS) is 16.4. The van der Waals surface area contributed by atoms with E-state index in [1.807, 2.05) is 11.8 Å². The van der Waals surface area contributed by atoms with Crippen molar-refractivity contribution >= 4 is 11.8 Å². The molecule has 2 unspecified atom stereocenters. The number of thioether (sulfide) groups is 1. The predicted octanol–water partition coefficient (Wildman–Crippen LogP) is 2.50. The minimum Gasteiger partial charge on any atom is -0.328 e. The Bertz CT molecular complexity index is 83.6. The second kappa shape index (κ2) is 6.99. The third kappa shape index (κ3) is 5.57. The molecule has 1 nitrogen and oxygen atoms in total. The van der Waals surface area contributed by atoms with Crippen LogP contribution in [0, 0.1) is 5.92 Å². The van der Waals surface area contributed by atoms with Crippen molar-refractivity contribution in [3.8, 4) is 0 Å². The molecular formula is C9H21NS. The van der Waals surface area contributed by atoms with E-state index in [0.29, 0.717) is 6.04 Å². The number of hydrogen-bond donors (Lipinski definition) is 1. The van der Waals surface area contributed by atoms with Crippen molar-refractivity contribution in [2.75, 3.05) is 11.5 Å². The van der Waals surface area contributed by atoms with Crippen molar-refractivity contribution < 1.29 is 0 Å². The summed E-state index contributed by atoms with van der Waals surface area (Å²) in [6.45, 7) is 6.55. The van der Waals surface area contributed by atoms with Crippen LogP contribution in [-0.4, -0.2) is 17.5 Å². The lowest BCUT2D eigenvalue weighted by atomic mass is 9.96. The van der Waals surface area contributed by atoms with E-state index in [0.717, 1.165) is 5.92 Å². The van der Waals surface area contributed by atoms with Crippen molar-refractivity contribution in [3.05, 3.63) is 0 Å². The van der Waals surface area contributed by atoms with Crippen molar-refractivity contribution in [1.29, 1.82) is 0 Å². The molecule has 0 aromatic heterocycles. The second-order valence-corrected chi connectivity index (χ2v) is 4.41. The quantitative estimate of drug-likeness (QED) is 0.628. The van der Waals surface area contributed by atoms with E-state index >= 15 is 0 Å². The van der Waals surface area contributed by atoms with Crippen LogP contribution in [0.4, 0.5) is 0 Å². The van der Waals surface area contributed by atoms with Crippen LogP contribution in [0.2, 0.25) is 0 Å². The topological polar surface area (TPSA) is 26.0 Å². The Kier molecular flexibility index (Phi) is 7.18. The van der Waals surface area contributed by atoms with Gasteiger partial charge in [-0.25, -0.2) is 0 Å².